The molecular weight excluding hydrogens is 393 g/mol. The van der Waals surface area contributed by atoms with E-state index < -0.39 is 0 Å². The largest absolute Gasteiger partial charge is 0.378 e. The molecule has 0 aliphatic carbocycles. The van der Waals surface area contributed by atoms with Gasteiger partial charge in [0.25, 0.3) is 0 Å². The van der Waals surface area contributed by atoms with Gasteiger partial charge in [0.15, 0.2) is 0 Å². The zero-order valence-electron chi connectivity index (χ0n) is 17.8. The van der Waals surface area contributed by atoms with Crippen LogP contribution in [0.25, 0.3) is 0 Å². The van der Waals surface area contributed by atoms with Crippen molar-refractivity contribution in [3.05, 3.63) is 83.3 Å². The van der Waals surface area contributed by atoms with Crippen molar-refractivity contribution in [2.75, 3.05) is 36.1 Å². The number of carbonyl (C=O) groups is 1. The second kappa shape index (κ2) is 9.27. The molecule has 0 unspecified atom stereocenters. The van der Waals surface area contributed by atoms with E-state index >= 15 is 0 Å². The van der Waals surface area contributed by atoms with Crippen LogP contribution >= 0.6 is 0 Å². The number of aryl methyl sites for hydroxylation is 2. The van der Waals surface area contributed by atoms with Gasteiger partial charge in [-0.25, -0.2) is 9.37 Å². The number of ether oxygens (including phenoxy) is 1. The number of amides is 1. The molecule has 1 saturated heterocycles. The Kier molecular flexibility index (Phi) is 6.28. The van der Waals surface area contributed by atoms with Gasteiger partial charge in [-0.3, -0.25) is 9.69 Å². The molecular formula is C25H26FN3O2. The Bertz CT molecular complexity index is 1040. The van der Waals surface area contributed by atoms with Crippen molar-refractivity contribution < 1.29 is 13.9 Å². The Hall–Kier alpha value is -3.25. The number of anilines is 3. The minimum Gasteiger partial charge on any atom is -0.378 e. The van der Waals surface area contributed by atoms with Crippen LogP contribution in [0, 0.1) is 19.7 Å². The molecule has 0 atom stereocenters. The summed E-state index contributed by atoms with van der Waals surface area (Å²) in [6.45, 7) is 6.89. The third-order valence-electron chi connectivity index (χ3n) is 5.41. The summed E-state index contributed by atoms with van der Waals surface area (Å²) in [7, 11) is 0. The third-order valence-corrected chi connectivity index (χ3v) is 5.41. The first-order valence-electron chi connectivity index (χ1n) is 10.5. The van der Waals surface area contributed by atoms with Crippen LogP contribution in [0.4, 0.5) is 21.6 Å². The van der Waals surface area contributed by atoms with E-state index in [2.05, 4.69) is 4.90 Å². The molecule has 3 aromatic rings. The molecule has 31 heavy (non-hydrogen) atoms. The van der Waals surface area contributed by atoms with Crippen LogP contribution in [0.3, 0.4) is 0 Å². The first kappa shape index (κ1) is 21.0. The van der Waals surface area contributed by atoms with E-state index in [4.69, 9.17) is 9.72 Å². The maximum absolute atomic E-state index is 13.7. The lowest BCUT2D eigenvalue weighted by Crippen LogP contribution is -2.37. The third kappa shape index (κ3) is 4.75. The van der Waals surface area contributed by atoms with Gasteiger partial charge in [0.05, 0.1) is 31.0 Å². The van der Waals surface area contributed by atoms with E-state index in [0.29, 0.717) is 18.8 Å². The van der Waals surface area contributed by atoms with Crippen molar-refractivity contribution in [3.63, 3.8) is 0 Å². The lowest BCUT2D eigenvalue weighted by Gasteiger charge is -2.31. The van der Waals surface area contributed by atoms with Gasteiger partial charge in [-0.05, 0) is 55.3 Å². The maximum Gasteiger partial charge on any atom is 0.236 e. The van der Waals surface area contributed by atoms with Gasteiger partial charge in [-0.1, -0.05) is 30.3 Å². The molecule has 2 heterocycles. The van der Waals surface area contributed by atoms with Crippen molar-refractivity contribution in [2.24, 2.45) is 0 Å². The molecule has 0 bridgehead atoms. The number of benzene rings is 2. The van der Waals surface area contributed by atoms with Gasteiger partial charge in [0.1, 0.15) is 11.6 Å². The second-order valence-corrected chi connectivity index (χ2v) is 7.70. The van der Waals surface area contributed by atoms with Gasteiger partial charge in [-0.2, -0.15) is 0 Å². The number of nitrogens with zero attached hydrogens (tertiary/aromatic N) is 3. The Balaban J connectivity index is 1.72. The highest BCUT2D eigenvalue weighted by molar-refractivity contribution is 6.02. The van der Waals surface area contributed by atoms with Gasteiger partial charge in [-0.15, -0.1) is 0 Å². The Morgan fingerprint density at radius 1 is 1.06 bits per heavy atom. The first-order valence-corrected chi connectivity index (χ1v) is 10.5. The van der Waals surface area contributed by atoms with Crippen molar-refractivity contribution in [1.29, 1.82) is 0 Å². The topological polar surface area (TPSA) is 45.7 Å². The quantitative estimate of drug-likeness (QED) is 0.607. The van der Waals surface area contributed by atoms with Crippen molar-refractivity contribution in [2.45, 2.75) is 20.3 Å². The van der Waals surface area contributed by atoms with Crippen LogP contribution in [0.5, 0.6) is 0 Å². The summed E-state index contributed by atoms with van der Waals surface area (Å²) < 4.78 is 19.1. The predicted octanol–water partition coefficient (Wildman–Crippen LogP) is 4.58. The summed E-state index contributed by atoms with van der Waals surface area (Å²) in [6.07, 6.45) is 0.0940. The molecule has 2 aromatic carbocycles. The summed E-state index contributed by atoms with van der Waals surface area (Å²) in [5, 5.41) is 0. The van der Waals surface area contributed by atoms with Crippen LogP contribution in [-0.4, -0.2) is 37.2 Å². The summed E-state index contributed by atoms with van der Waals surface area (Å²) in [5.74, 6) is 0.414. The Morgan fingerprint density at radius 3 is 2.48 bits per heavy atom. The zero-order valence-corrected chi connectivity index (χ0v) is 17.8. The number of hydrogen-bond acceptors (Lipinski definition) is 4. The second-order valence-electron chi connectivity index (χ2n) is 7.70. The van der Waals surface area contributed by atoms with Crippen LogP contribution in [0.1, 0.15) is 16.8 Å². The Labute approximate surface area is 182 Å². The molecule has 4 rings (SSSR count). The average molecular weight is 420 g/mol. The first-order chi connectivity index (χ1) is 15.0. The molecule has 0 N–H and O–H groups in total. The standard InChI is InChI=1S/C25H26FN3O2/c1-18-15-23(28-11-13-31-14-12-28)27-19(2)25(18)29(22-9-4-3-5-10-22)24(30)17-20-7-6-8-21(26)16-20/h3-10,15-16H,11-14,17H2,1-2H3. The smallest absolute Gasteiger partial charge is 0.236 e. The average Bonchev–Trinajstić information content (AvgIpc) is 2.77. The molecule has 1 aromatic heterocycles. The van der Waals surface area contributed by atoms with Gasteiger partial charge in [0.2, 0.25) is 5.91 Å². The highest BCUT2D eigenvalue weighted by Gasteiger charge is 2.24. The molecule has 1 amide bonds. The fourth-order valence-electron chi connectivity index (χ4n) is 3.97. The van der Waals surface area contributed by atoms with Crippen molar-refractivity contribution in [3.8, 4) is 0 Å². The molecule has 1 aliphatic rings. The number of pyridine rings is 1. The van der Waals surface area contributed by atoms with Crippen LogP contribution in [0.2, 0.25) is 0 Å². The number of halogens is 1. The number of rotatable bonds is 5. The number of aromatic nitrogens is 1. The minimum atomic E-state index is -0.347. The van der Waals surface area contributed by atoms with Crippen molar-refractivity contribution >= 4 is 23.1 Å². The van der Waals surface area contributed by atoms with E-state index in [9.17, 15) is 9.18 Å². The van der Waals surface area contributed by atoms with E-state index in [1.807, 2.05) is 50.2 Å². The fourth-order valence-corrected chi connectivity index (χ4v) is 3.97. The molecule has 0 radical (unpaired) electrons. The summed E-state index contributed by atoms with van der Waals surface area (Å²) in [5.41, 5.74) is 3.91. The number of morpholine rings is 1. The van der Waals surface area contributed by atoms with E-state index in [-0.39, 0.29) is 18.1 Å². The monoisotopic (exact) mass is 419 g/mol. The van der Waals surface area contributed by atoms with Crippen molar-refractivity contribution in [1.82, 2.24) is 4.98 Å². The molecule has 160 valence electrons. The summed E-state index contributed by atoms with van der Waals surface area (Å²) in [4.78, 5) is 22.2. The van der Waals surface area contributed by atoms with Crippen LogP contribution in [-0.2, 0) is 16.0 Å². The minimum absolute atomic E-state index is 0.0940. The maximum atomic E-state index is 13.7. The Morgan fingerprint density at radius 2 is 1.81 bits per heavy atom. The van der Waals surface area contributed by atoms with Gasteiger partial charge < -0.3 is 9.64 Å². The lowest BCUT2D eigenvalue weighted by molar-refractivity contribution is -0.117. The van der Waals surface area contributed by atoms with E-state index in [1.165, 1.54) is 12.1 Å². The normalized spacial score (nSPS) is 13.8. The molecule has 5 nitrogen and oxygen atoms in total. The molecule has 6 heteroatoms. The fraction of sp³-hybridized carbons (Fsp3) is 0.280. The SMILES string of the molecule is Cc1cc(N2CCOCC2)nc(C)c1N(C(=O)Cc1cccc(F)c1)c1ccccc1. The number of carbonyl (C=O) groups excluding carboxylic acids is 1. The molecule has 1 fully saturated rings. The number of hydrogen-bond donors (Lipinski definition) is 0. The highest BCUT2D eigenvalue weighted by Crippen LogP contribution is 2.33. The molecule has 0 spiro atoms. The predicted molar refractivity (Wildman–Crippen MR) is 120 cm³/mol. The molecule has 1 aliphatic heterocycles. The summed E-state index contributed by atoms with van der Waals surface area (Å²) >= 11 is 0. The summed E-state index contributed by atoms with van der Waals surface area (Å²) in [6, 6.07) is 17.7. The molecule has 0 saturated carbocycles. The highest BCUT2D eigenvalue weighted by atomic mass is 19.1. The zero-order chi connectivity index (χ0) is 21.8. The van der Waals surface area contributed by atoms with E-state index in [1.54, 1.807) is 17.0 Å². The van der Waals surface area contributed by atoms with Gasteiger partial charge in [0, 0.05) is 18.8 Å². The lowest BCUT2D eigenvalue weighted by atomic mass is 10.1. The van der Waals surface area contributed by atoms with Crippen LogP contribution < -0.4 is 9.80 Å². The number of para-hydroxylation sites is 1. The van der Waals surface area contributed by atoms with Crippen LogP contribution in [0.15, 0.2) is 60.7 Å². The van der Waals surface area contributed by atoms with Gasteiger partial charge >= 0.3 is 0 Å². The van der Waals surface area contributed by atoms with E-state index in [0.717, 1.165) is 41.5 Å².